The number of rotatable bonds is 4. The highest BCUT2D eigenvalue weighted by atomic mass is 79.9. The van der Waals surface area contributed by atoms with E-state index in [1.165, 1.54) is 11.3 Å². The molecule has 1 aromatic carbocycles. The maximum absolute atomic E-state index is 11.2. The SMILES string of the molecule is O=c1sccn1CCOc1cccc(Br)c1. The predicted octanol–water partition coefficient (Wildman–Crippen LogP) is 2.75. The first-order valence-corrected chi connectivity index (χ1v) is 6.45. The Labute approximate surface area is 105 Å². The van der Waals surface area contributed by atoms with Crippen LogP contribution in [0.2, 0.25) is 0 Å². The lowest BCUT2D eigenvalue weighted by Gasteiger charge is -2.06. The summed E-state index contributed by atoms with van der Waals surface area (Å²) in [5.74, 6) is 0.803. The predicted molar refractivity (Wildman–Crippen MR) is 68.2 cm³/mol. The number of aromatic nitrogens is 1. The van der Waals surface area contributed by atoms with Crippen LogP contribution in [0.5, 0.6) is 5.75 Å². The molecule has 1 aromatic heterocycles. The van der Waals surface area contributed by atoms with Crippen LogP contribution in [0.1, 0.15) is 0 Å². The summed E-state index contributed by atoms with van der Waals surface area (Å²) in [4.78, 5) is 11.3. The average molecular weight is 300 g/mol. The summed E-state index contributed by atoms with van der Waals surface area (Å²) in [6.07, 6.45) is 1.78. The lowest BCUT2D eigenvalue weighted by molar-refractivity contribution is 0.297. The van der Waals surface area contributed by atoms with Gasteiger partial charge in [-0.2, -0.15) is 0 Å². The van der Waals surface area contributed by atoms with Crippen molar-refractivity contribution in [3.8, 4) is 5.75 Å². The second-order valence-corrected chi connectivity index (χ2v) is 4.94. The summed E-state index contributed by atoms with van der Waals surface area (Å²) in [5.41, 5.74) is 0. The first kappa shape index (κ1) is 11.4. The Morgan fingerprint density at radius 2 is 2.31 bits per heavy atom. The molecule has 1 heterocycles. The molecule has 0 unspecified atom stereocenters. The third kappa shape index (κ3) is 2.96. The molecule has 0 bridgehead atoms. The van der Waals surface area contributed by atoms with E-state index < -0.39 is 0 Å². The van der Waals surface area contributed by atoms with Crippen molar-refractivity contribution in [3.05, 3.63) is 50.0 Å². The first-order valence-electron chi connectivity index (χ1n) is 4.78. The quantitative estimate of drug-likeness (QED) is 0.869. The summed E-state index contributed by atoms with van der Waals surface area (Å²) >= 11 is 4.57. The fraction of sp³-hybridized carbons (Fsp3) is 0.182. The van der Waals surface area contributed by atoms with E-state index in [1.54, 1.807) is 16.1 Å². The van der Waals surface area contributed by atoms with Crippen molar-refractivity contribution in [1.29, 1.82) is 0 Å². The van der Waals surface area contributed by atoms with Crippen LogP contribution in [0.3, 0.4) is 0 Å². The van der Waals surface area contributed by atoms with Gasteiger partial charge < -0.3 is 9.30 Å². The Morgan fingerprint density at radius 1 is 1.44 bits per heavy atom. The minimum Gasteiger partial charge on any atom is -0.492 e. The first-order chi connectivity index (χ1) is 7.75. The van der Waals surface area contributed by atoms with Crippen LogP contribution >= 0.6 is 27.3 Å². The van der Waals surface area contributed by atoms with Crippen molar-refractivity contribution in [3.63, 3.8) is 0 Å². The number of halogens is 1. The highest BCUT2D eigenvalue weighted by Crippen LogP contribution is 2.17. The van der Waals surface area contributed by atoms with E-state index in [9.17, 15) is 4.79 Å². The molecule has 0 aliphatic rings. The molecule has 0 radical (unpaired) electrons. The van der Waals surface area contributed by atoms with Gasteiger partial charge in [0.05, 0.1) is 6.54 Å². The van der Waals surface area contributed by atoms with E-state index in [2.05, 4.69) is 15.9 Å². The van der Waals surface area contributed by atoms with E-state index in [-0.39, 0.29) is 4.87 Å². The Morgan fingerprint density at radius 3 is 3.00 bits per heavy atom. The summed E-state index contributed by atoms with van der Waals surface area (Å²) in [6, 6.07) is 7.64. The van der Waals surface area contributed by atoms with Gasteiger partial charge in [-0.1, -0.05) is 33.3 Å². The van der Waals surface area contributed by atoms with Gasteiger partial charge in [-0.3, -0.25) is 4.79 Å². The van der Waals surface area contributed by atoms with Gasteiger partial charge in [0, 0.05) is 16.0 Å². The van der Waals surface area contributed by atoms with Crippen molar-refractivity contribution in [2.24, 2.45) is 0 Å². The van der Waals surface area contributed by atoms with Gasteiger partial charge in [0.15, 0.2) is 0 Å². The Hall–Kier alpha value is -1.07. The molecule has 0 saturated heterocycles. The average Bonchev–Trinajstić information content (AvgIpc) is 2.65. The molecule has 0 spiro atoms. The van der Waals surface area contributed by atoms with Gasteiger partial charge in [-0.15, -0.1) is 0 Å². The third-order valence-corrected chi connectivity index (χ3v) is 3.23. The van der Waals surface area contributed by atoms with Crippen LogP contribution in [0, 0.1) is 0 Å². The largest absolute Gasteiger partial charge is 0.492 e. The van der Waals surface area contributed by atoms with Crippen LogP contribution in [0.4, 0.5) is 0 Å². The van der Waals surface area contributed by atoms with Crippen LogP contribution in [0.15, 0.2) is 45.1 Å². The van der Waals surface area contributed by atoms with Gasteiger partial charge >= 0.3 is 4.87 Å². The van der Waals surface area contributed by atoms with Crippen LogP contribution in [-0.4, -0.2) is 11.2 Å². The van der Waals surface area contributed by atoms with E-state index in [0.717, 1.165) is 10.2 Å². The molecule has 0 fully saturated rings. The summed E-state index contributed by atoms with van der Waals surface area (Å²) in [5, 5.41) is 1.78. The van der Waals surface area contributed by atoms with E-state index in [4.69, 9.17) is 4.74 Å². The second-order valence-electron chi connectivity index (χ2n) is 3.17. The molecule has 16 heavy (non-hydrogen) atoms. The number of hydrogen-bond donors (Lipinski definition) is 0. The Bertz CT molecular complexity index is 520. The Kier molecular flexibility index (Phi) is 3.79. The Balaban J connectivity index is 1.89. The van der Waals surface area contributed by atoms with Gasteiger partial charge in [-0.25, -0.2) is 0 Å². The number of nitrogens with zero attached hydrogens (tertiary/aromatic N) is 1. The molecule has 0 aliphatic carbocycles. The summed E-state index contributed by atoms with van der Waals surface area (Å²) in [7, 11) is 0. The fourth-order valence-electron chi connectivity index (χ4n) is 1.28. The molecule has 0 atom stereocenters. The molecule has 2 rings (SSSR count). The molecule has 0 aliphatic heterocycles. The highest BCUT2D eigenvalue weighted by molar-refractivity contribution is 9.10. The molecular weight excluding hydrogens is 290 g/mol. The van der Waals surface area contributed by atoms with Crippen molar-refractivity contribution < 1.29 is 4.74 Å². The van der Waals surface area contributed by atoms with Crippen molar-refractivity contribution in [2.75, 3.05) is 6.61 Å². The van der Waals surface area contributed by atoms with Crippen LogP contribution in [0.25, 0.3) is 0 Å². The molecule has 0 saturated carbocycles. The number of ether oxygens (including phenoxy) is 1. The summed E-state index contributed by atoms with van der Waals surface area (Å²) < 4.78 is 8.16. The second kappa shape index (κ2) is 5.32. The molecule has 0 amide bonds. The molecule has 84 valence electrons. The summed E-state index contributed by atoms with van der Waals surface area (Å²) in [6.45, 7) is 1.07. The zero-order valence-electron chi connectivity index (χ0n) is 8.43. The molecule has 5 heteroatoms. The topological polar surface area (TPSA) is 31.2 Å². The van der Waals surface area contributed by atoms with Crippen molar-refractivity contribution >= 4 is 27.3 Å². The van der Waals surface area contributed by atoms with Gasteiger partial charge in [0.25, 0.3) is 0 Å². The number of benzene rings is 1. The lowest BCUT2D eigenvalue weighted by atomic mass is 10.3. The minimum atomic E-state index is 0.0536. The maximum atomic E-state index is 11.2. The zero-order valence-corrected chi connectivity index (χ0v) is 10.8. The molecule has 3 nitrogen and oxygen atoms in total. The van der Waals surface area contributed by atoms with E-state index >= 15 is 0 Å². The van der Waals surface area contributed by atoms with Crippen LogP contribution < -0.4 is 9.61 Å². The smallest absolute Gasteiger partial charge is 0.307 e. The number of thiazole rings is 1. The van der Waals surface area contributed by atoms with Crippen LogP contribution in [-0.2, 0) is 6.54 Å². The van der Waals surface area contributed by atoms with Crippen molar-refractivity contribution in [1.82, 2.24) is 4.57 Å². The highest BCUT2D eigenvalue weighted by Gasteiger charge is 1.98. The lowest BCUT2D eigenvalue weighted by Crippen LogP contribution is -2.16. The monoisotopic (exact) mass is 299 g/mol. The van der Waals surface area contributed by atoms with Crippen molar-refractivity contribution in [2.45, 2.75) is 6.54 Å². The molecular formula is C11H10BrNO2S. The normalized spacial score (nSPS) is 10.3. The van der Waals surface area contributed by atoms with Gasteiger partial charge in [0.1, 0.15) is 12.4 Å². The zero-order chi connectivity index (χ0) is 11.4. The minimum absolute atomic E-state index is 0.0536. The molecule has 2 aromatic rings. The van der Waals surface area contributed by atoms with Gasteiger partial charge in [0.2, 0.25) is 0 Å². The van der Waals surface area contributed by atoms with E-state index in [0.29, 0.717) is 13.2 Å². The fourth-order valence-corrected chi connectivity index (χ4v) is 2.27. The number of hydrogen-bond acceptors (Lipinski definition) is 3. The van der Waals surface area contributed by atoms with E-state index in [1.807, 2.05) is 24.3 Å². The standard InChI is InChI=1S/C11H10BrNO2S/c12-9-2-1-3-10(8-9)15-6-4-13-5-7-16-11(13)14/h1-3,5,7-8H,4,6H2. The molecule has 0 N–H and O–H groups in total. The third-order valence-electron chi connectivity index (χ3n) is 2.04. The van der Waals surface area contributed by atoms with Gasteiger partial charge in [-0.05, 0) is 18.2 Å². The maximum Gasteiger partial charge on any atom is 0.307 e.